The Morgan fingerprint density at radius 1 is 1.50 bits per heavy atom. The molecular weight excluding hydrogens is 200 g/mol. The van der Waals surface area contributed by atoms with Crippen LogP contribution in [0, 0.1) is 0 Å². The van der Waals surface area contributed by atoms with E-state index in [4.69, 9.17) is 0 Å². The van der Waals surface area contributed by atoms with Gasteiger partial charge in [0, 0.05) is 31.9 Å². The standard InChI is InChI=1S/C12H22N4/c1-10(12-6-7-13-16(12)3)14-11-5-4-8-15(2)9-11/h6-7,10-11,14H,4-5,8-9H2,1-3H3. The maximum absolute atomic E-state index is 4.21. The average molecular weight is 222 g/mol. The van der Waals surface area contributed by atoms with Crippen LogP contribution >= 0.6 is 0 Å². The summed E-state index contributed by atoms with van der Waals surface area (Å²) >= 11 is 0. The summed E-state index contributed by atoms with van der Waals surface area (Å²) in [6, 6.07) is 3.08. The fourth-order valence-corrected chi connectivity index (χ4v) is 2.55. The first-order valence-electron chi connectivity index (χ1n) is 6.09. The number of rotatable bonds is 3. The first kappa shape index (κ1) is 11.6. The van der Waals surface area contributed by atoms with Gasteiger partial charge in [0.15, 0.2) is 0 Å². The van der Waals surface area contributed by atoms with Crippen LogP contribution < -0.4 is 5.32 Å². The lowest BCUT2D eigenvalue weighted by atomic mass is 10.0. The van der Waals surface area contributed by atoms with E-state index >= 15 is 0 Å². The maximum atomic E-state index is 4.21. The fourth-order valence-electron chi connectivity index (χ4n) is 2.55. The summed E-state index contributed by atoms with van der Waals surface area (Å²) in [6.45, 7) is 4.60. The van der Waals surface area contributed by atoms with Crippen LogP contribution in [0.2, 0.25) is 0 Å². The van der Waals surface area contributed by atoms with Gasteiger partial charge >= 0.3 is 0 Å². The zero-order valence-electron chi connectivity index (χ0n) is 10.5. The minimum Gasteiger partial charge on any atom is -0.305 e. The molecule has 0 radical (unpaired) electrons. The fraction of sp³-hybridized carbons (Fsp3) is 0.750. The van der Waals surface area contributed by atoms with Crippen molar-refractivity contribution in [3.63, 3.8) is 0 Å². The molecule has 2 heterocycles. The molecule has 0 aliphatic carbocycles. The van der Waals surface area contributed by atoms with E-state index in [-0.39, 0.29) is 0 Å². The largest absolute Gasteiger partial charge is 0.305 e. The third-order valence-corrected chi connectivity index (χ3v) is 3.41. The van der Waals surface area contributed by atoms with Crippen molar-refractivity contribution in [3.8, 4) is 0 Å². The molecule has 90 valence electrons. The number of piperidine rings is 1. The van der Waals surface area contributed by atoms with Crippen LogP contribution in [0.25, 0.3) is 0 Å². The van der Waals surface area contributed by atoms with Crippen LogP contribution in [0.15, 0.2) is 12.3 Å². The van der Waals surface area contributed by atoms with Crippen LogP contribution in [0.5, 0.6) is 0 Å². The highest BCUT2D eigenvalue weighted by atomic mass is 15.3. The molecule has 0 saturated carbocycles. The molecule has 0 amide bonds. The Hall–Kier alpha value is -0.870. The summed E-state index contributed by atoms with van der Waals surface area (Å²) in [6.07, 6.45) is 4.44. The van der Waals surface area contributed by atoms with Gasteiger partial charge < -0.3 is 10.2 Å². The van der Waals surface area contributed by atoms with E-state index in [1.165, 1.54) is 25.1 Å². The number of aryl methyl sites for hydroxylation is 1. The van der Waals surface area contributed by atoms with Gasteiger partial charge in [0.1, 0.15) is 0 Å². The van der Waals surface area contributed by atoms with Gasteiger partial charge in [-0.1, -0.05) is 0 Å². The summed E-state index contributed by atoms with van der Waals surface area (Å²) in [4.78, 5) is 2.40. The highest BCUT2D eigenvalue weighted by Gasteiger charge is 2.20. The molecule has 0 bridgehead atoms. The van der Waals surface area contributed by atoms with Gasteiger partial charge in [0.25, 0.3) is 0 Å². The van der Waals surface area contributed by atoms with E-state index in [0.29, 0.717) is 12.1 Å². The predicted molar refractivity (Wildman–Crippen MR) is 65.3 cm³/mol. The predicted octanol–water partition coefficient (Wildman–Crippen LogP) is 1.16. The molecule has 1 aromatic rings. The molecule has 4 nitrogen and oxygen atoms in total. The van der Waals surface area contributed by atoms with Gasteiger partial charge in [-0.05, 0) is 39.4 Å². The van der Waals surface area contributed by atoms with Crippen molar-refractivity contribution in [1.29, 1.82) is 0 Å². The molecular formula is C12H22N4. The minimum atomic E-state index is 0.379. The smallest absolute Gasteiger partial charge is 0.0547 e. The topological polar surface area (TPSA) is 33.1 Å². The van der Waals surface area contributed by atoms with Gasteiger partial charge in [-0.25, -0.2) is 0 Å². The second-order valence-corrected chi connectivity index (χ2v) is 4.87. The molecule has 0 aromatic carbocycles. The Balaban J connectivity index is 1.92. The summed E-state index contributed by atoms with van der Waals surface area (Å²) in [5.74, 6) is 0. The molecule has 16 heavy (non-hydrogen) atoms. The molecule has 0 spiro atoms. The molecule has 4 heteroatoms. The Bertz CT molecular complexity index is 334. The Labute approximate surface area is 97.6 Å². The number of hydrogen-bond acceptors (Lipinski definition) is 3. The van der Waals surface area contributed by atoms with Gasteiger partial charge in [0.05, 0.1) is 5.69 Å². The van der Waals surface area contributed by atoms with Crippen molar-refractivity contribution >= 4 is 0 Å². The maximum Gasteiger partial charge on any atom is 0.0547 e. The number of hydrogen-bond donors (Lipinski definition) is 1. The minimum absolute atomic E-state index is 0.379. The van der Waals surface area contributed by atoms with E-state index in [2.05, 4.69) is 35.4 Å². The Morgan fingerprint density at radius 2 is 2.31 bits per heavy atom. The third-order valence-electron chi connectivity index (χ3n) is 3.41. The second kappa shape index (κ2) is 4.97. The molecule has 2 atom stereocenters. The molecule has 2 unspecified atom stereocenters. The van der Waals surface area contributed by atoms with Gasteiger partial charge in [-0.3, -0.25) is 4.68 Å². The molecule has 1 aliphatic heterocycles. The highest BCUT2D eigenvalue weighted by Crippen LogP contribution is 2.15. The Kier molecular flexibility index (Phi) is 3.61. The number of likely N-dealkylation sites (N-methyl/N-ethyl adjacent to an activating group) is 1. The molecule has 1 aliphatic rings. The molecule has 1 N–H and O–H groups in total. The van der Waals surface area contributed by atoms with E-state index < -0.39 is 0 Å². The monoisotopic (exact) mass is 222 g/mol. The van der Waals surface area contributed by atoms with Crippen LogP contribution in [-0.4, -0.2) is 40.9 Å². The molecule has 2 rings (SSSR count). The van der Waals surface area contributed by atoms with E-state index in [9.17, 15) is 0 Å². The molecule has 1 fully saturated rings. The Morgan fingerprint density at radius 3 is 2.94 bits per heavy atom. The lowest BCUT2D eigenvalue weighted by Gasteiger charge is -2.32. The average Bonchev–Trinajstić information content (AvgIpc) is 2.64. The van der Waals surface area contributed by atoms with Crippen molar-refractivity contribution < 1.29 is 0 Å². The van der Waals surface area contributed by atoms with Gasteiger partial charge in [0.2, 0.25) is 0 Å². The van der Waals surface area contributed by atoms with Crippen molar-refractivity contribution in [2.75, 3.05) is 20.1 Å². The summed E-state index contributed by atoms with van der Waals surface area (Å²) < 4.78 is 1.95. The quantitative estimate of drug-likeness (QED) is 0.833. The van der Waals surface area contributed by atoms with Gasteiger partial charge in [-0.15, -0.1) is 0 Å². The van der Waals surface area contributed by atoms with E-state index in [0.717, 1.165) is 6.54 Å². The van der Waals surface area contributed by atoms with Crippen molar-refractivity contribution in [1.82, 2.24) is 20.0 Å². The van der Waals surface area contributed by atoms with Crippen molar-refractivity contribution in [2.45, 2.75) is 31.8 Å². The number of nitrogens with zero attached hydrogens (tertiary/aromatic N) is 3. The number of aromatic nitrogens is 2. The first-order chi connectivity index (χ1) is 7.66. The summed E-state index contributed by atoms with van der Waals surface area (Å²) in [7, 11) is 4.20. The van der Waals surface area contributed by atoms with Crippen LogP contribution in [-0.2, 0) is 7.05 Å². The zero-order chi connectivity index (χ0) is 11.5. The van der Waals surface area contributed by atoms with E-state index in [1.807, 2.05) is 17.9 Å². The zero-order valence-corrected chi connectivity index (χ0v) is 10.5. The number of nitrogens with one attached hydrogen (secondary N) is 1. The SMILES string of the molecule is CC(NC1CCCN(C)C1)c1ccnn1C. The second-order valence-electron chi connectivity index (χ2n) is 4.87. The van der Waals surface area contributed by atoms with Crippen molar-refractivity contribution in [3.05, 3.63) is 18.0 Å². The molecule has 1 aromatic heterocycles. The normalized spacial score (nSPS) is 24.6. The first-order valence-corrected chi connectivity index (χ1v) is 6.09. The molecule has 1 saturated heterocycles. The summed E-state index contributed by atoms with van der Waals surface area (Å²) in [5.41, 5.74) is 1.26. The highest BCUT2D eigenvalue weighted by molar-refractivity contribution is 5.05. The van der Waals surface area contributed by atoms with Crippen LogP contribution in [0.3, 0.4) is 0 Å². The van der Waals surface area contributed by atoms with Crippen molar-refractivity contribution in [2.24, 2.45) is 7.05 Å². The number of likely N-dealkylation sites (tertiary alicyclic amines) is 1. The lowest BCUT2D eigenvalue weighted by molar-refractivity contribution is 0.217. The van der Waals surface area contributed by atoms with Crippen LogP contribution in [0.4, 0.5) is 0 Å². The van der Waals surface area contributed by atoms with Crippen LogP contribution in [0.1, 0.15) is 31.5 Å². The van der Waals surface area contributed by atoms with Gasteiger partial charge in [-0.2, -0.15) is 5.10 Å². The summed E-state index contributed by atoms with van der Waals surface area (Å²) in [5, 5.41) is 7.90. The lowest BCUT2D eigenvalue weighted by Crippen LogP contribution is -2.45. The van der Waals surface area contributed by atoms with E-state index in [1.54, 1.807) is 0 Å². The third kappa shape index (κ3) is 2.62.